The summed E-state index contributed by atoms with van der Waals surface area (Å²) in [5, 5.41) is 0. The van der Waals surface area contributed by atoms with Gasteiger partial charge in [-0.1, -0.05) is 18.6 Å². The van der Waals surface area contributed by atoms with E-state index < -0.39 is 0 Å². The van der Waals surface area contributed by atoms with Crippen molar-refractivity contribution in [2.24, 2.45) is 5.92 Å². The van der Waals surface area contributed by atoms with E-state index >= 15 is 0 Å². The molecule has 2 nitrogen and oxygen atoms in total. The fourth-order valence-corrected chi connectivity index (χ4v) is 2.32. The Hall–Kier alpha value is -1.02. The topological polar surface area (TPSA) is 29.3 Å². The van der Waals surface area contributed by atoms with Gasteiger partial charge >= 0.3 is 0 Å². The van der Waals surface area contributed by atoms with Gasteiger partial charge in [-0.3, -0.25) is 4.90 Å². The number of nitrogens with zero attached hydrogens (tertiary/aromatic N) is 1. The van der Waals surface area contributed by atoms with Crippen LogP contribution in [-0.4, -0.2) is 17.5 Å². The molecule has 1 aliphatic carbocycles. The summed E-state index contributed by atoms with van der Waals surface area (Å²) in [6, 6.07) is 8.90. The highest BCUT2D eigenvalue weighted by Gasteiger charge is 2.22. The summed E-state index contributed by atoms with van der Waals surface area (Å²) in [5.74, 6) is 0.936. The van der Waals surface area contributed by atoms with E-state index in [0.717, 1.165) is 18.2 Å². The maximum Gasteiger partial charge on any atom is 0.0314 e. The molecule has 0 atom stereocenters. The van der Waals surface area contributed by atoms with Crippen LogP contribution in [0.4, 0.5) is 5.69 Å². The second kappa shape index (κ2) is 5.54. The van der Waals surface area contributed by atoms with Gasteiger partial charge in [0.15, 0.2) is 0 Å². The third-order valence-electron chi connectivity index (χ3n) is 3.81. The van der Waals surface area contributed by atoms with E-state index in [2.05, 4.69) is 30.9 Å². The molecule has 0 saturated heterocycles. The van der Waals surface area contributed by atoms with Crippen molar-refractivity contribution in [2.45, 2.75) is 45.7 Å². The SMILES string of the molecule is CC(C)N(Cc1ccc(N)cc1)CC1CCC1. The summed E-state index contributed by atoms with van der Waals surface area (Å²) >= 11 is 0. The minimum atomic E-state index is 0.619. The van der Waals surface area contributed by atoms with E-state index in [1.807, 2.05) is 12.1 Å². The zero-order chi connectivity index (χ0) is 12.3. The minimum absolute atomic E-state index is 0.619. The Morgan fingerprint density at radius 2 is 1.88 bits per heavy atom. The minimum Gasteiger partial charge on any atom is -0.399 e. The van der Waals surface area contributed by atoms with Crippen molar-refractivity contribution >= 4 is 5.69 Å². The first-order chi connectivity index (χ1) is 8.15. The fraction of sp³-hybridized carbons (Fsp3) is 0.600. The molecule has 1 aromatic carbocycles. The summed E-state index contributed by atoms with van der Waals surface area (Å²) in [6.45, 7) is 6.88. The van der Waals surface area contributed by atoms with Gasteiger partial charge in [-0.25, -0.2) is 0 Å². The van der Waals surface area contributed by atoms with Crippen molar-refractivity contribution in [3.8, 4) is 0 Å². The lowest BCUT2D eigenvalue weighted by Gasteiger charge is -2.34. The summed E-state index contributed by atoms with van der Waals surface area (Å²) in [5.41, 5.74) is 7.93. The highest BCUT2D eigenvalue weighted by molar-refractivity contribution is 5.39. The third-order valence-corrected chi connectivity index (χ3v) is 3.81. The summed E-state index contributed by atoms with van der Waals surface area (Å²) in [6.07, 6.45) is 4.27. The van der Waals surface area contributed by atoms with Gasteiger partial charge in [0.1, 0.15) is 0 Å². The Morgan fingerprint density at radius 1 is 1.24 bits per heavy atom. The molecular weight excluding hydrogens is 208 g/mol. The molecule has 0 spiro atoms. The van der Waals surface area contributed by atoms with Gasteiger partial charge < -0.3 is 5.73 Å². The standard InChI is InChI=1S/C15H24N2/c1-12(2)17(10-13-4-3-5-13)11-14-6-8-15(16)9-7-14/h6-9,12-13H,3-5,10-11,16H2,1-2H3. The molecule has 0 aromatic heterocycles. The zero-order valence-electron chi connectivity index (χ0n) is 11.0. The van der Waals surface area contributed by atoms with Crippen molar-refractivity contribution in [1.29, 1.82) is 0 Å². The molecule has 1 aromatic rings. The lowest BCUT2D eigenvalue weighted by Crippen LogP contribution is -2.36. The number of hydrogen-bond donors (Lipinski definition) is 1. The molecule has 0 heterocycles. The number of rotatable bonds is 5. The molecule has 1 saturated carbocycles. The van der Waals surface area contributed by atoms with E-state index in [-0.39, 0.29) is 0 Å². The molecule has 2 N–H and O–H groups in total. The van der Waals surface area contributed by atoms with Gasteiger partial charge in [-0.15, -0.1) is 0 Å². The zero-order valence-corrected chi connectivity index (χ0v) is 11.0. The summed E-state index contributed by atoms with van der Waals surface area (Å²) in [4.78, 5) is 2.58. The van der Waals surface area contributed by atoms with Crippen LogP contribution in [0.1, 0.15) is 38.7 Å². The molecule has 0 aliphatic heterocycles. The highest BCUT2D eigenvalue weighted by Crippen LogP contribution is 2.28. The second-order valence-corrected chi connectivity index (χ2v) is 5.56. The van der Waals surface area contributed by atoms with Gasteiger partial charge in [0.25, 0.3) is 0 Å². The molecule has 0 radical (unpaired) electrons. The quantitative estimate of drug-likeness (QED) is 0.789. The molecule has 1 aliphatic rings. The Balaban J connectivity index is 1.94. The average molecular weight is 232 g/mol. The maximum absolute atomic E-state index is 5.72. The largest absolute Gasteiger partial charge is 0.399 e. The van der Waals surface area contributed by atoms with Crippen LogP contribution in [0, 0.1) is 5.92 Å². The number of nitrogen functional groups attached to an aromatic ring is 1. The van der Waals surface area contributed by atoms with Crippen LogP contribution in [0.5, 0.6) is 0 Å². The molecular formula is C15H24N2. The van der Waals surface area contributed by atoms with Crippen LogP contribution in [0.25, 0.3) is 0 Å². The average Bonchev–Trinajstić information content (AvgIpc) is 2.24. The van der Waals surface area contributed by atoms with Crippen LogP contribution in [-0.2, 0) is 6.54 Å². The highest BCUT2D eigenvalue weighted by atomic mass is 15.1. The Labute approximate surface area is 105 Å². The van der Waals surface area contributed by atoms with E-state index in [1.54, 1.807) is 0 Å². The molecule has 17 heavy (non-hydrogen) atoms. The smallest absolute Gasteiger partial charge is 0.0314 e. The maximum atomic E-state index is 5.72. The van der Waals surface area contributed by atoms with Crippen molar-refractivity contribution in [1.82, 2.24) is 4.90 Å². The van der Waals surface area contributed by atoms with E-state index in [9.17, 15) is 0 Å². The molecule has 2 rings (SSSR count). The Kier molecular flexibility index (Phi) is 4.06. The molecule has 1 fully saturated rings. The van der Waals surface area contributed by atoms with Crippen molar-refractivity contribution < 1.29 is 0 Å². The van der Waals surface area contributed by atoms with Gasteiger partial charge in [-0.05, 0) is 50.3 Å². The monoisotopic (exact) mass is 232 g/mol. The van der Waals surface area contributed by atoms with Gasteiger partial charge in [0, 0.05) is 24.8 Å². The van der Waals surface area contributed by atoms with Gasteiger partial charge in [-0.2, -0.15) is 0 Å². The van der Waals surface area contributed by atoms with E-state index in [1.165, 1.54) is 31.4 Å². The van der Waals surface area contributed by atoms with E-state index in [0.29, 0.717) is 6.04 Å². The van der Waals surface area contributed by atoms with Crippen LogP contribution < -0.4 is 5.73 Å². The molecule has 0 unspecified atom stereocenters. The van der Waals surface area contributed by atoms with Crippen LogP contribution >= 0.6 is 0 Å². The Bertz CT molecular complexity index is 338. The molecule has 2 heteroatoms. The predicted octanol–water partition coefficient (Wildman–Crippen LogP) is 3.28. The molecule has 94 valence electrons. The lowest BCUT2D eigenvalue weighted by molar-refractivity contribution is 0.140. The predicted molar refractivity (Wildman–Crippen MR) is 73.7 cm³/mol. The Morgan fingerprint density at radius 3 is 2.35 bits per heavy atom. The number of anilines is 1. The first kappa shape index (κ1) is 12.4. The van der Waals surface area contributed by atoms with Crippen molar-refractivity contribution in [3.05, 3.63) is 29.8 Å². The van der Waals surface area contributed by atoms with Crippen LogP contribution in [0.15, 0.2) is 24.3 Å². The number of nitrogens with two attached hydrogens (primary N) is 1. The second-order valence-electron chi connectivity index (χ2n) is 5.56. The van der Waals surface area contributed by atoms with Crippen LogP contribution in [0.2, 0.25) is 0 Å². The number of hydrogen-bond acceptors (Lipinski definition) is 2. The normalized spacial score (nSPS) is 16.5. The van der Waals surface area contributed by atoms with Crippen molar-refractivity contribution in [2.75, 3.05) is 12.3 Å². The lowest BCUT2D eigenvalue weighted by atomic mass is 9.85. The summed E-state index contributed by atoms with van der Waals surface area (Å²) in [7, 11) is 0. The summed E-state index contributed by atoms with van der Waals surface area (Å²) < 4.78 is 0. The molecule has 0 amide bonds. The molecule has 0 bridgehead atoms. The first-order valence-electron chi connectivity index (χ1n) is 6.73. The third kappa shape index (κ3) is 3.47. The van der Waals surface area contributed by atoms with Gasteiger partial charge in [0.2, 0.25) is 0 Å². The fourth-order valence-electron chi connectivity index (χ4n) is 2.32. The van der Waals surface area contributed by atoms with E-state index in [4.69, 9.17) is 5.73 Å². The van der Waals surface area contributed by atoms with Crippen molar-refractivity contribution in [3.63, 3.8) is 0 Å². The van der Waals surface area contributed by atoms with Crippen LogP contribution in [0.3, 0.4) is 0 Å². The van der Waals surface area contributed by atoms with Gasteiger partial charge in [0.05, 0.1) is 0 Å². The number of benzene rings is 1. The first-order valence-corrected chi connectivity index (χ1v) is 6.73.